The molecule has 0 N–H and O–H groups in total. The second-order valence-corrected chi connectivity index (χ2v) is 7.04. The van der Waals surface area contributed by atoms with Crippen molar-refractivity contribution in [2.45, 2.75) is 9.26 Å². The van der Waals surface area contributed by atoms with Gasteiger partial charge in [0.25, 0.3) is 0 Å². The summed E-state index contributed by atoms with van der Waals surface area (Å²) < 4.78 is 4.64. The summed E-state index contributed by atoms with van der Waals surface area (Å²) in [4.78, 5) is 0. The van der Waals surface area contributed by atoms with Gasteiger partial charge in [0.2, 0.25) is 0 Å². The van der Waals surface area contributed by atoms with E-state index >= 15 is 0 Å². The molecule has 1 heterocycles. The second kappa shape index (κ2) is 8.78. The third-order valence-electron chi connectivity index (χ3n) is 1.90. The van der Waals surface area contributed by atoms with Gasteiger partial charge in [-0.25, -0.2) is 0 Å². The number of nitriles is 5. The fourth-order valence-corrected chi connectivity index (χ4v) is 1.20. The summed E-state index contributed by atoms with van der Waals surface area (Å²) in [5.41, 5.74) is -0.703. The third kappa shape index (κ3) is 3.87. The molecule has 1 aromatic heterocycles. The van der Waals surface area contributed by atoms with Crippen LogP contribution in [0.3, 0.4) is 0 Å². The van der Waals surface area contributed by atoms with Crippen molar-refractivity contribution in [2.75, 3.05) is 0 Å². The molecule has 0 saturated carbocycles. The van der Waals surface area contributed by atoms with E-state index in [1.807, 2.05) is 0 Å². The predicted molar refractivity (Wildman–Crippen MR) is 70.2 cm³/mol. The molecule has 0 spiro atoms. The summed E-state index contributed by atoms with van der Waals surface area (Å²) in [6, 6.07) is 8.47. The van der Waals surface area contributed by atoms with Gasteiger partial charge in [0.1, 0.15) is 0 Å². The second-order valence-electron chi connectivity index (χ2n) is 3.16. The summed E-state index contributed by atoms with van der Waals surface area (Å²) in [5, 5.41) is 43.9. The van der Waals surface area contributed by atoms with E-state index in [1.54, 1.807) is 30.3 Å². The van der Waals surface area contributed by atoms with Crippen molar-refractivity contribution < 1.29 is 0 Å². The van der Waals surface area contributed by atoms with Crippen molar-refractivity contribution in [3.05, 3.63) is 27.6 Å². The molecule has 0 aromatic carbocycles. The van der Waals surface area contributed by atoms with Gasteiger partial charge in [-0.3, -0.25) is 0 Å². The van der Waals surface area contributed by atoms with Crippen LogP contribution >= 0.6 is 0 Å². The summed E-state index contributed by atoms with van der Waals surface area (Å²) in [6.45, 7) is 1.14. The van der Waals surface area contributed by atoms with Crippen LogP contribution in [0.5, 0.6) is 0 Å². The summed E-state index contributed by atoms with van der Waals surface area (Å²) in [5.74, 6) is 0. The first-order valence-corrected chi connectivity index (χ1v) is 12.7. The molecule has 0 aliphatic rings. The summed E-state index contributed by atoms with van der Waals surface area (Å²) >= 11 is 0.0833. The van der Waals surface area contributed by atoms with Crippen LogP contribution in [-0.4, -0.2) is 30.1 Å². The summed E-state index contributed by atoms with van der Waals surface area (Å²) in [7, 11) is 0. The fourth-order valence-electron chi connectivity index (χ4n) is 1.20. The Bertz CT molecular complexity index is 642. The standard InChI is InChI=1S/C10BN5.2CH3.Bi.H/c12-1-6-7(2-13)9(4-15)11-10(5-16)8(6)3-14;;;;/h;2*1H3;;. The van der Waals surface area contributed by atoms with E-state index in [0.717, 1.165) is 6.91 Å². The number of rotatable bonds is 0. The zero-order valence-corrected chi connectivity index (χ0v) is 14.2. The molecular formula is C12H7BBiN5. The van der Waals surface area contributed by atoms with Crippen LogP contribution in [0, 0.1) is 56.7 Å². The molecule has 5 nitrogen and oxygen atoms in total. The van der Waals surface area contributed by atoms with Crippen molar-refractivity contribution in [1.29, 1.82) is 26.3 Å². The average Bonchev–Trinajstić information content (AvgIpc) is 2.45. The van der Waals surface area contributed by atoms with Crippen LogP contribution in [-0.2, 0) is 0 Å². The quantitative estimate of drug-likeness (QED) is 0.555. The molecule has 0 aliphatic heterocycles. The average molecular weight is 441 g/mol. The van der Waals surface area contributed by atoms with Crippen LogP contribution in [0.1, 0.15) is 27.6 Å². The number of hydrogen-bond acceptors (Lipinski definition) is 5. The maximum atomic E-state index is 8.83. The van der Waals surface area contributed by atoms with Crippen molar-refractivity contribution in [1.82, 2.24) is 0 Å². The molecule has 88 valence electrons. The van der Waals surface area contributed by atoms with Gasteiger partial charge in [-0.05, 0) is 0 Å². The molecule has 0 unspecified atom stereocenters. The molecular weight excluding hydrogens is 434 g/mol. The Kier molecular flexibility index (Phi) is 7.74. The van der Waals surface area contributed by atoms with Crippen LogP contribution in [0.4, 0.5) is 0 Å². The van der Waals surface area contributed by atoms with E-state index < -0.39 is 0 Å². The van der Waals surface area contributed by atoms with Gasteiger partial charge in [0, 0.05) is 0 Å². The molecule has 0 bridgehead atoms. The molecule has 0 aliphatic carbocycles. The first-order valence-electron chi connectivity index (χ1n) is 4.95. The topological polar surface area (TPSA) is 119 Å². The van der Waals surface area contributed by atoms with Gasteiger partial charge in [0.15, 0.2) is 0 Å². The van der Waals surface area contributed by atoms with Crippen molar-refractivity contribution in [3.8, 4) is 30.3 Å². The summed E-state index contributed by atoms with van der Waals surface area (Å²) in [6.07, 6.45) is 0. The van der Waals surface area contributed by atoms with Crippen molar-refractivity contribution in [2.24, 2.45) is 0 Å². The molecule has 7 heteroatoms. The first-order chi connectivity index (χ1) is 9.14. The SMILES string of the molecule is N#Cc1bc(C#N)c(C#N)c(C#N)c1C#N.[CH3][BiH][CH3]. The van der Waals surface area contributed by atoms with E-state index in [-0.39, 0.29) is 50.8 Å². The minimum atomic E-state index is -0.222. The monoisotopic (exact) mass is 441 g/mol. The third-order valence-corrected chi connectivity index (χ3v) is 1.90. The normalized spacial score (nSPS) is 7.21. The molecule has 1 aromatic rings. The van der Waals surface area contributed by atoms with Crippen LogP contribution in [0.2, 0.25) is 9.26 Å². The molecule has 0 atom stereocenters. The van der Waals surface area contributed by atoms with Gasteiger partial charge >= 0.3 is 124 Å². The molecule has 19 heavy (non-hydrogen) atoms. The van der Waals surface area contributed by atoms with E-state index in [2.05, 4.69) is 9.26 Å². The predicted octanol–water partition coefficient (Wildman–Crippen LogP) is 0.902. The van der Waals surface area contributed by atoms with Gasteiger partial charge in [-0.1, -0.05) is 0 Å². The Hall–Kier alpha value is -2.25. The van der Waals surface area contributed by atoms with Crippen LogP contribution in [0.15, 0.2) is 0 Å². The van der Waals surface area contributed by atoms with E-state index in [9.17, 15) is 0 Å². The minimum absolute atomic E-state index is 0.0744. The molecule has 1 rings (SSSR count). The first kappa shape index (κ1) is 16.7. The number of nitrogens with zero attached hydrogens (tertiary/aromatic N) is 5. The van der Waals surface area contributed by atoms with Gasteiger partial charge in [0.05, 0.1) is 0 Å². The van der Waals surface area contributed by atoms with Gasteiger partial charge in [-0.15, -0.1) is 0 Å². The Morgan fingerprint density at radius 2 is 1.00 bits per heavy atom. The maximum absolute atomic E-state index is 8.83. The number of hydrogen-bond donors (Lipinski definition) is 0. The Morgan fingerprint density at radius 3 is 1.21 bits per heavy atom. The molecule has 0 saturated heterocycles. The van der Waals surface area contributed by atoms with Crippen LogP contribution in [0.25, 0.3) is 0 Å². The van der Waals surface area contributed by atoms with Gasteiger partial charge < -0.3 is 0 Å². The zero-order valence-electron chi connectivity index (χ0n) is 10.3. The van der Waals surface area contributed by atoms with E-state index in [0.29, 0.717) is 0 Å². The molecule has 0 amide bonds. The van der Waals surface area contributed by atoms with E-state index in [1.165, 1.54) is 0 Å². The van der Waals surface area contributed by atoms with E-state index in [4.69, 9.17) is 26.3 Å². The molecule has 0 radical (unpaired) electrons. The Morgan fingerprint density at radius 1 is 0.684 bits per heavy atom. The Balaban J connectivity index is 0.000000982. The van der Waals surface area contributed by atoms with Gasteiger partial charge in [-0.2, -0.15) is 0 Å². The fraction of sp³-hybridized carbons (Fsp3) is 0.167. The van der Waals surface area contributed by atoms with Crippen molar-refractivity contribution >= 4 is 30.1 Å². The van der Waals surface area contributed by atoms with Crippen LogP contribution < -0.4 is 0 Å². The van der Waals surface area contributed by atoms with Crippen molar-refractivity contribution in [3.63, 3.8) is 0 Å². The Labute approximate surface area is 123 Å². The zero-order chi connectivity index (χ0) is 14.8. The molecule has 0 fully saturated rings.